The second kappa shape index (κ2) is 6.20. The monoisotopic (exact) mass is 317 g/mol. The van der Waals surface area contributed by atoms with Crippen LogP contribution in [0.1, 0.15) is 38.0 Å². The highest BCUT2D eigenvalue weighted by Crippen LogP contribution is 2.31. The maximum Gasteiger partial charge on any atom is 0.228 e. The van der Waals surface area contributed by atoms with Crippen molar-refractivity contribution in [3.8, 4) is 11.5 Å². The summed E-state index contributed by atoms with van der Waals surface area (Å²) in [4.78, 5) is 4.44. The highest BCUT2D eigenvalue weighted by Gasteiger charge is 2.23. The van der Waals surface area contributed by atoms with Gasteiger partial charge in [-0.3, -0.25) is 0 Å². The lowest BCUT2D eigenvalue weighted by Gasteiger charge is -2.25. The van der Waals surface area contributed by atoms with Gasteiger partial charge < -0.3 is 19.7 Å². The Bertz CT molecular complexity index is 676. The van der Waals surface area contributed by atoms with Crippen LogP contribution in [0.4, 0.5) is 0 Å². The summed E-state index contributed by atoms with van der Waals surface area (Å²) in [5, 5.41) is 4.04. The van der Waals surface area contributed by atoms with E-state index in [1.165, 1.54) is 0 Å². The first-order valence-corrected chi connectivity index (χ1v) is 7.87. The Morgan fingerprint density at radius 3 is 2.65 bits per heavy atom. The van der Waals surface area contributed by atoms with E-state index in [9.17, 15) is 0 Å². The second-order valence-corrected chi connectivity index (χ2v) is 6.94. The fourth-order valence-electron chi connectivity index (χ4n) is 2.32. The number of rotatable bonds is 4. The molecule has 2 N–H and O–H groups in total. The molecule has 6 heteroatoms. The van der Waals surface area contributed by atoms with E-state index >= 15 is 0 Å². The van der Waals surface area contributed by atoms with Crippen LogP contribution in [0.5, 0.6) is 11.5 Å². The minimum absolute atomic E-state index is 0.00443. The number of nitrogens with two attached hydrogens (primary N) is 1. The molecule has 0 saturated heterocycles. The normalized spacial score (nSPS) is 15.5. The van der Waals surface area contributed by atoms with Gasteiger partial charge in [-0.25, -0.2) is 0 Å². The van der Waals surface area contributed by atoms with Gasteiger partial charge in [0.2, 0.25) is 5.89 Å². The third-order valence-electron chi connectivity index (χ3n) is 3.99. The minimum atomic E-state index is -0.0231. The Labute approximate surface area is 136 Å². The van der Waals surface area contributed by atoms with Crippen molar-refractivity contribution in [1.82, 2.24) is 10.1 Å². The first kappa shape index (κ1) is 15.8. The zero-order valence-electron chi connectivity index (χ0n) is 13.8. The maximum atomic E-state index is 6.16. The summed E-state index contributed by atoms with van der Waals surface area (Å²) < 4.78 is 16.4. The van der Waals surface area contributed by atoms with E-state index in [1.807, 2.05) is 18.2 Å². The topological polar surface area (TPSA) is 83.4 Å². The molecule has 0 saturated carbocycles. The number of fused-ring (bicyclic) bond motifs is 1. The standard InChI is InChI=1S/C17H23N3O3/c1-17(2,3)14(18)10-16-19-15(20-23-16)9-11-4-5-12-13(8-11)22-7-6-21-12/h4-5,8,14H,6-7,9-10,18H2,1-3H3. The van der Waals surface area contributed by atoms with Crippen LogP contribution in [0.15, 0.2) is 22.7 Å². The van der Waals surface area contributed by atoms with Crippen molar-refractivity contribution in [2.75, 3.05) is 13.2 Å². The molecule has 0 amide bonds. The molecular formula is C17H23N3O3. The van der Waals surface area contributed by atoms with Gasteiger partial charge in [-0.15, -0.1) is 0 Å². The third-order valence-corrected chi connectivity index (χ3v) is 3.99. The predicted octanol–water partition coefficient (Wildman–Crippen LogP) is 2.35. The van der Waals surface area contributed by atoms with Crippen molar-refractivity contribution < 1.29 is 14.0 Å². The molecule has 1 atom stereocenters. The average Bonchev–Trinajstić information content (AvgIpc) is 2.93. The summed E-state index contributed by atoms with van der Waals surface area (Å²) in [6.07, 6.45) is 1.17. The van der Waals surface area contributed by atoms with Gasteiger partial charge in [-0.05, 0) is 23.1 Å². The predicted molar refractivity (Wildman–Crippen MR) is 85.7 cm³/mol. The van der Waals surface area contributed by atoms with Crippen LogP contribution in [0.3, 0.4) is 0 Å². The molecule has 2 heterocycles. The van der Waals surface area contributed by atoms with Crippen LogP contribution in [0.25, 0.3) is 0 Å². The molecule has 0 bridgehead atoms. The number of ether oxygens (including phenoxy) is 2. The van der Waals surface area contributed by atoms with Crippen LogP contribution < -0.4 is 15.2 Å². The van der Waals surface area contributed by atoms with Crippen LogP contribution in [-0.4, -0.2) is 29.4 Å². The van der Waals surface area contributed by atoms with Crippen molar-refractivity contribution in [3.63, 3.8) is 0 Å². The van der Waals surface area contributed by atoms with E-state index in [1.54, 1.807) is 0 Å². The maximum absolute atomic E-state index is 6.16. The molecule has 124 valence electrons. The Morgan fingerprint density at radius 2 is 1.91 bits per heavy atom. The van der Waals surface area contributed by atoms with Crippen molar-refractivity contribution in [1.29, 1.82) is 0 Å². The number of hydrogen-bond donors (Lipinski definition) is 1. The number of nitrogens with zero attached hydrogens (tertiary/aromatic N) is 2. The highest BCUT2D eigenvalue weighted by molar-refractivity contribution is 5.44. The average molecular weight is 317 g/mol. The summed E-state index contributed by atoms with van der Waals surface area (Å²) in [5.74, 6) is 2.79. The lowest BCUT2D eigenvalue weighted by Crippen LogP contribution is -2.37. The molecule has 1 aliphatic heterocycles. The van der Waals surface area contributed by atoms with Crippen LogP contribution >= 0.6 is 0 Å². The number of aromatic nitrogens is 2. The first-order chi connectivity index (χ1) is 10.9. The fourth-order valence-corrected chi connectivity index (χ4v) is 2.32. The lowest BCUT2D eigenvalue weighted by atomic mass is 9.85. The van der Waals surface area contributed by atoms with E-state index < -0.39 is 0 Å². The summed E-state index contributed by atoms with van der Waals surface area (Å²) in [5.41, 5.74) is 7.22. The van der Waals surface area contributed by atoms with Crippen LogP contribution in [0, 0.1) is 5.41 Å². The van der Waals surface area contributed by atoms with Gasteiger partial charge in [0.1, 0.15) is 13.2 Å². The molecule has 1 aromatic carbocycles. The highest BCUT2D eigenvalue weighted by atomic mass is 16.6. The van der Waals surface area contributed by atoms with Gasteiger partial charge in [0, 0.05) is 18.9 Å². The van der Waals surface area contributed by atoms with Crippen LogP contribution in [0.2, 0.25) is 0 Å². The summed E-state index contributed by atoms with van der Waals surface area (Å²) in [7, 11) is 0. The lowest BCUT2D eigenvalue weighted by molar-refractivity contribution is 0.171. The smallest absolute Gasteiger partial charge is 0.228 e. The largest absolute Gasteiger partial charge is 0.486 e. The zero-order chi connectivity index (χ0) is 16.4. The fraction of sp³-hybridized carbons (Fsp3) is 0.529. The van der Waals surface area contributed by atoms with Crippen molar-refractivity contribution in [2.45, 2.75) is 39.7 Å². The molecule has 1 unspecified atom stereocenters. The molecule has 0 spiro atoms. The van der Waals surface area contributed by atoms with Crippen molar-refractivity contribution in [2.24, 2.45) is 11.1 Å². The Morgan fingerprint density at radius 1 is 1.17 bits per heavy atom. The first-order valence-electron chi connectivity index (χ1n) is 7.87. The SMILES string of the molecule is CC(C)(C)C(N)Cc1nc(Cc2ccc3c(c2)OCCO3)no1. The van der Waals surface area contributed by atoms with E-state index in [4.69, 9.17) is 19.7 Å². The summed E-state index contributed by atoms with van der Waals surface area (Å²) in [6.45, 7) is 7.47. The Hall–Kier alpha value is -2.08. The van der Waals surface area contributed by atoms with E-state index in [0.717, 1.165) is 17.1 Å². The van der Waals surface area contributed by atoms with Gasteiger partial charge in [0.05, 0.1) is 0 Å². The molecule has 6 nitrogen and oxygen atoms in total. The van der Waals surface area contributed by atoms with Gasteiger partial charge in [-0.1, -0.05) is 32.0 Å². The van der Waals surface area contributed by atoms with E-state index in [0.29, 0.717) is 37.8 Å². The molecule has 0 radical (unpaired) electrons. The second-order valence-electron chi connectivity index (χ2n) is 6.94. The van der Waals surface area contributed by atoms with Crippen molar-refractivity contribution >= 4 is 0 Å². The minimum Gasteiger partial charge on any atom is -0.486 e. The summed E-state index contributed by atoms with van der Waals surface area (Å²) in [6, 6.07) is 5.85. The van der Waals surface area contributed by atoms with Gasteiger partial charge in [0.25, 0.3) is 0 Å². The molecule has 0 fully saturated rings. The molecule has 0 aliphatic carbocycles. The zero-order valence-corrected chi connectivity index (χ0v) is 13.8. The number of hydrogen-bond acceptors (Lipinski definition) is 6. The number of benzene rings is 1. The molecule has 1 aliphatic rings. The molecular weight excluding hydrogens is 294 g/mol. The van der Waals surface area contributed by atoms with E-state index in [-0.39, 0.29) is 11.5 Å². The quantitative estimate of drug-likeness (QED) is 0.932. The Balaban J connectivity index is 1.67. The van der Waals surface area contributed by atoms with Crippen molar-refractivity contribution in [3.05, 3.63) is 35.5 Å². The molecule has 23 heavy (non-hydrogen) atoms. The Kier molecular flexibility index (Phi) is 4.26. The third kappa shape index (κ3) is 3.82. The molecule has 3 rings (SSSR count). The van der Waals surface area contributed by atoms with E-state index in [2.05, 4.69) is 30.9 Å². The van der Waals surface area contributed by atoms with Gasteiger partial charge in [0.15, 0.2) is 17.3 Å². The molecule has 1 aromatic heterocycles. The van der Waals surface area contributed by atoms with Gasteiger partial charge in [-0.2, -0.15) is 4.98 Å². The van der Waals surface area contributed by atoms with Gasteiger partial charge >= 0.3 is 0 Å². The van der Waals surface area contributed by atoms with Crippen LogP contribution in [-0.2, 0) is 12.8 Å². The molecule has 2 aromatic rings. The summed E-state index contributed by atoms with van der Waals surface area (Å²) >= 11 is 0.